The van der Waals surface area contributed by atoms with Crippen molar-refractivity contribution < 1.29 is 29.0 Å². The van der Waals surface area contributed by atoms with Crippen molar-refractivity contribution in [3.63, 3.8) is 0 Å². The Labute approximate surface area is 258 Å². The number of Topliss-reactive ketones (excluding diaryl/α,β-unsaturated/α-hetero) is 2. The number of ketones is 2. The van der Waals surface area contributed by atoms with Crippen molar-refractivity contribution in [2.75, 3.05) is 20.2 Å². The average molecular weight is 608 g/mol. The summed E-state index contributed by atoms with van der Waals surface area (Å²) in [5, 5.41) is 15.7. The predicted molar refractivity (Wildman–Crippen MR) is 168 cm³/mol. The molecule has 2 aliphatic heterocycles. The molecule has 1 aromatic rings. The van der Waals surface area contributed by atoms with Gasteiger partial charge in [-0.2, -0.15) is 0 Å². The first-order valence-corrected chi connectivity index (χ1v) is 15.4. The normalized spacial score (nSPS) is 24.3. The number of hydrogen-bond acceptors (Lipinski definition) is 9. The van der Waals surface area contributed by atoms with E-state index in [1.807, 2.05) is 25.2 Å². The van der Waals surface area contributed by atoms with Gasteiger partial charge in [-0.3, -0.25) is 14.6 Å². The van der Waals surface area contributed by atoms with Crippen LogP contribution in [0.1, 0.15) is 85.9 Å². The van der Waals surface area contributed by atoms with Gasteiger partial charge in [-0.25, -0.2) is 4.79 Å². The highest BCUT2D eigenvalue weighted by molar-refractivity contribution is 6.32. The lowest BCUT2D eigenvalue weighted by molar-refractivity contribution is -0.154. The van der Waals surface area contributed by atoms with Crippen molar-refractivity contribution in [3.05, 3.63) is 70.6 Å². The molecular formula is C33H45N5O6. The first kappa shape index (κ1) is 32.9. The van der Waals surface area contributed by atoms with Crippen LogP contribution in [-0.2, 0) is 14.3 Å². The van der Waals surface area contributed by atoms with Gasteiger partial charge in [0.15, 0.2) is 17.3 Å². The molecule has 1 aliphatic carbocycles. The van der Waals surface area contributed by atoms with Gasteiger partial charge in [0.25, 0.3) is 5.60 Å². The second kappa shape index (κ2) is 14.2. The van der Waals surface area contributed by atoms with Crippen molar-refractivity contribution in [2.45, 2.75) is 88.6 Å². The van der Waals surface area contributed by atoms with E-state index in [9.17, 15) is 19.5 Å². The largest absolute Gasteiger partial charge is 0.460 e. The number of aliphatic hydroxyl groups is 1. The van der Waals surface area contributed by atoms with Crippen molar-refractivity contribution in [2.24, 2.45) is 16.5 Å². The number of fused-ring (bicyclic) bond motifs is 2. The molecule has 7 N–H and O–H groups in total. The van der Waals surface area contributed by atoms with Gasteiger partial charge in [0, 0.05) is 37.7 Å². The van der Waals surface area contributed by atoms with Crippen molar-refractivity contribution in [1.29, 1.82) is 0 Å². The number of aliphatic hydroxyl groups excluding tert-OH is 1. The number of carbonyl (C=O) groups is 3. The number of unbranched alkanes of at least 4 members (excludes halogenated alkanes) is 2. The van der Waals surface area contributed by atoms with Crippen LogP contribution >= 0.6 is 0 Å². The van der Waals surface area contributed by atoms with E-state index in [1.54, 1.807) is 31.3 Å². The zero-order valence-electron chi connectivity index (χ0n) is 25.9. The van der Waals surface area contributed by atoms with E-state index < -0.39 is 34.8 Å². The van der Waals surface area contributed by atoms with Gasteiger partial charge in [0.05, 0.1) is 11.9 Å². The Kier molecular flexibility index (Phi) is 10.6. The quantitative estimate of drug-likeness (QED) is 0.0378. The monoisotopic (exact) mass is 607 g/mol. The smallest absolute Gasteiger partial charge is 0.350 e. The number of benzene rings is 1. The summed E-state index contributed by atoms with van der Waals surface area (Å²) in [5.41, 5.74) is 10.4. The lowest BCUT2D eigenvalue weighted by Crippen LogP contribution is -2.51. The number of guanidine groups is 1. The molecule has 0 aromatic heterocycles. The molecule has 238 valence electrons. The molecule has 44 heavy (non-hydrogen) atoms. The molecule has 3 aliphatic rings. The van der Waals surface area contributed by atoms with Crippen LogP contribution in [-0.4, -0.2) is 72.1 Å². The summed E-state index contributed by atoms with van der Waals surface area (Å²) >= 11 is 0. The number of rotatable bonds is 15. The topological polar surface area (TPSA) is 182 Å². The number of nitrogens with two attached hydrogens (primary N) is 2. The Hall–Kier alpha value is -3.96. The van der Waals surface area contributed by atoms with E-state index in [4.69, 9.17) is 20.9 Å². The van der Waals surface area contributed by atoms with E-state index in [2.05, 4.69) is 22.5 Å². The standard InChI is InChI=1S/C33H45N5O6/c1-4-5-6-10-23(11-9-18-39)43-30(42)33-29(41)25-13-8-7-12-24(25)28(40)32(33,44-33)16-14-21(2)19-26(38-31(35)36-3)22-15-17-37-27(34)20-22/h7-8,12-15,20,23,26,37,39H,4-6,9-11,16-19,34H2,1-3H3,(H3,35,36,38). The van der Waals surface area contributed by atoms with Crippen molar-refractivity contribution in [1.82, 2.24) is 10.6 Å². The zero-order chi connectivity index (χ0) is 31.9. The highest BCUT2D eigenvalue weighted by atomic mass is 16.7. The predicted octanol–water partition coefficient (Wildman–Crippen LogP) is 2.80. The number of esters is 1. The SMILES string of the molecule is CCCCCC(CCCO)OC(=O)C12OC1(CC=C(C)CC(NC(N)=NC)C1=CCNC(N)=C1)C(=O)c1ccccc1C2=O. The highest BCUT2D eigenvalue weighted by Gasteiger charge is 2.85. The summed E-state index contributed by atoms with van der Waals surface area (Å²) in [5.74, 6) is -1.03. The molecule has 2 heterocycles. The molecule has 1 aromatic carbocycles. The second-order valence-corrected chi connectivity index (χ2v) is 11.7. The third-order valence-corrected chi connectivity index (χ3v) is 8.53. The zero-order valence-corrected chi connectivity index (χ0v) is 25.9. The van der Waals surface area contributed by atoms with E-state index in [0.29, 0.717) is 38.0 Å². The summed E-state index contributed by atoms with van der Waals surface area (Å²) in [7, 11) is 1.59. The van der Waals surface area contributed by atoms with Gasteiger partial charge in [-0.1, -0.05) is 61.8 Å². The maximum atomic E-state index is 14.0. The fourth-order valence-electron chi connectivity index (χ4n) is 6.01. The lowest BCUT2D eigenvalue weighted by Gasteiger charge is -2.26. The molecule has 0 saturated carbocycles. The van der Waals surface area contributed by atoms with Crippen LogP contribution in [0.3, 0.4) is 0 Å². The van der Waals surface area contributed by atoms with Gasteiger partial charge in [0.2, 0.25) is 5.78 Å². The molecule has 0 spiro atoms. The van der Waals surface area contributed by atoms with Gasteiger partial charge in [0.1, 0.15) is 6.10 Å². The molecule has 0 radical (unpaired) electrons. The Morgan fingerprint density at radius 1 is 1.20 bits per heavy atom. The van der Waals surface area contributed by atoms with E-state index in [1.165, 1.54) is 0 Å². The molecule has 0 bridgehead atoms. The van der Waals surface area contributed by atoms with Gasteiger partial charge in [-0.15, -0.1) is 0 Å². The van der Waals surface area contributed by atoms with Crippen molar-refractivity contribution >= 4 is 23.5 Å². The Balaban J connectivity index is 1.62. The summed E-state index contributed by atoms with van der Waals surface area (Å²) in [6.07, 6.45) is 9.98. The van der Waals surface area contributed by atoms with Crippen LogP contribution in [0, 0.1) is 0 Å². The highest BCUT2D eigenvalue weighted by Crippen LogP contribution is 2.58. The van der Waals surface area contributed by atoms with Gasteiger partial charge >= 0.3 is 5.97 Å². The molecule has 0 amide bonds. The van der Waals surface area contributed by atoms with Gasteiger partial charge < -0.3 is 36.7 Å². The molecular weight excluding hydrogens is 562 g/mol. The fourth-order valence-corrected chi connectivity index (χ4v) is 6.01. The minimum Gasteiger partial charge on any atom is -0.460 e. The average Bonchev–Trinajstić information content (AvgIpc) is 3.73. The number of nitrogens with zero attached hydrogens (tertiary/aromatic N) is 1. The number of ether oxygens (including phenoxy) is 2. The minimum atomic E-state index is -2.05. The van der Waals surface area contributed by atoms with Crippen molar-refractivity contribution in [3.8, 4) is 0 Å². The summed E-state index contributed by atoms with van der Waals surface area (Å²) in [6.45, 7) is 4.52. The minimum absolute atomic E-state index is 0.00658. The third kappa shape index (κ3) is 6.58. The number of epoxide rings is 1. The lowest BCUT2D eigenvalue weighted by atomic mass is 9.72. The van der Waals surface area contributed by atoms with Crippen LogP contribution in [0.2, 0.25) is 0 Å². The number of carbonyl (C=O) groups excluding carboxylic acids is 3. The van der Waals surface area contributed by atoms with E-state index in [-0.39, 0.29) is 36.2 Å². The van der Waals surface area contributed by atoms with Crippen LogP contribution in [0.4, 0.5) is 0 Å². The number of aliphatic imine (C=N–C) groups is 1. The summed E-state index contributed by atoms with van der Waals surface area (Å²) in [4.78, 5) is 45.8. The molecule has 4 atom stereocenters. The molecule has 4 rings (SSSR count). The maximum absolute atomic E-state index is 14.0. The van der Waals surface area contributed by atoms with Gasteiger partial charge in [-0.05, 0) is 50.7 Å². The second-order valence-electron chi connectivity index (χ2n) is 11.7. The third-order valence-electron chi connectivity index (χ3n) is 8.53. The first-order chi connectivity index (χ1) is 21.1. The number of nitrogens with one attached hydrogen (secondary N) is 2. The van der Waals surface area contributed by atoms with Crippen LogP contribution in [0.25, 0.3) is 0 Å². The molecule has 11 heteroatoms. The van der Waals surface area contributed by atoms with Crippen LogP contribution < -0.4 is 22.1 Å². The van der Waals surface area contributed by atoms with Crippen LogP contribution in [0.15, 0.2) is 64.5 Å². The molecule has 1 saturated heterocycles. The Morgan fingerprint density at radius 3 is 2.57 bits per heavy atom. The van der Waals surface area contributed by atoms with E-state index >= 15 is 0 Å². The first-order valence-electron chi connectivity index (χ1n) is 15.4. The molecule has 11 nitrogen and oxygen atoms in total. The maximum Gasteiger partial charge on any atom is 0.350 e. The number of dihydropyridines is 1. The van der Waals surface area contributed by atoms with Crippen LogP contribution in [0.5, 0.6) is 0 Å². The summed E-state index contributed by atoms with van der Waals surface area (Å²) in [6, 6.07) is 6.22. The fraction of sp³-hybridized carbons (Fsp3) is 0.515. The summed E-state index contributed by atoms with van der Waals surface area (Å²) < 4.78 is 12.0. The van der Waals surface area contributed by atoms with E-state index in [0.717, 1.165) is 30.4 Å². The Morgan fingerprint density at radius 2 is 1.91 bits per heavy atom. The Bertz CT molecular complexity index is 1380. The molecule has 4 unspecified atom stereocenters. The number of hydrogen-bond donors (Lipinski definition) is 5. The molecule has 1 fully saturated rings.